The predicted molar refractivity (Wildman–Crippen MR) is 26.4 cm³/mol. The molecule has 1 rings (SSSR count). The van der Waals surface area contributed by atoms with Crippen molar-refractivity contribution in [1.29, 1.82) is 0 Å². The van der Waals surface area contributed by atoms with Crippen LogP contribution in [0, 0.1) is 0 Å². The van der Waals surface area contributed by atoms with Gasteiger partial charge >= 0.3 is 0 Å². The lowest BCUT2D eigenvalue weighted by atomic mass is 10.3. The van der Waals surface area contributed by atoms with Crippen molar-refractivity contribution in [1.82, 2.24) is 0 Å². The summed E-state index contributed by atoms with van der Waals surface area (Å²) in [5, 5.41) is 0. The molecular formula is C5H8FN. The molecule has 0 aromatic carbocycles. The Morgan fingerprint density at radius 2 is 2.57 bits per heavy atom. The van der Waals surface area contributed by atoms with Gasteiger partial charge in [-0.05, 0) is 12.5 Å². The molecule has 1 unspecified atom stereocenters. The van der Waals surface area contributed by atoms with Crippen molar-refractivity contribution in [3.63, 3.8) is 0 Å². The van der Waals surface area contributed by atoms with Crippen LogP contribution in [0.15, 0.2) is 11.9 Å². The van der Waals surface area contributed by atoms with Gasteiger partial charge in [0.1, 0.15) is 0 Å². The largest absolute Gasteiger partial charge is 0.324 e. The van der Waals surface area contributed by atoms with E-state index in [0.29, 0.717) is 6.42 Å². The molecule has 0 radical (unpaired) electrons. The van der Waals surface area contributed by atoms with E-state index in [0.717, 1.165) is 6.42 Å². The summed E-state index contributed by atoms with van der Waals surface area (Å²) in [6, 6.07) is -0.0139. The first-order valence-electron chi connectivity index (χ1n) is 2.41. The van der Waals surface area contributed by atoms with Crippen molar-refractivity contribution < 1.29 is 4.39 Å². The molecule has 0 saturated heterocycles. The van der Waals surface area contributed by atoms with Crippen LogP contribution in [0.4, 0.5) is 4.39 Å². The summed E-state index contributed by atoms with van der Waals surface area (Å²) in [6.07, 6.45) is 2.80. The number of halogens is 1. The molecule has 40 valence electrons. The lowest BCUT2D eigenvalue weighted by Gasteiger charge is -1.89. The molecule has 0 aromatic rings. The van der Waals surface area contributed by atoms with Crippen LogP contribution in [0.5, 0.6) is 0 Å². The maximum Gasteiger partial charge on any atom is 0.0976 e. The highest BCUT2D eigenvalue weighted by Gasteiger charge is 2.09. The minimum atomic E-state index is -0.0486. The lowest BCUT2D eigenvalue weighted by molar-refractivity contribution is 0.601. The number of hydrogen-bond acceptors (Lipinski definition) is 1. The molecule has 1 aliphatic rings. The summed E-state index contributed by atoms with van der Waals surface area (Å²) in [6.45, 7) is 0. The minimum absolute atomic E-state index is 0.0139. The van der Waals surface area contributed by atoms with Gasteiger partial charge in [0.15, 0.2) is 0 Å². The first-order chi connectivity index (χ1) is 3.29. The van der Waals surface area contributed by atoms with Crippen molar-refractivity contribution in [2.24, 2.45) is 5.73 Å². The normalized spacial score (nSPS) is 30.6. The number of nitrogens with two attached hydrogens (primary N) is 1. The maximum absolute atomic E-state index is 12.0. The van der Waals surface area contributed by atoms with Gasteiger partial charge in [0.2, 0.25) is 0 Å². The molecule has 0 fully saturated rings. The van der Waals surface area contributed by atoms with E-state index < -0.39 is 0 Å². The molecule has 0 bridgehead atoms. The summed E-state index contributed by atoms with van der Waals surface area (Å²) in [7, 11) is 0. The number of rotatable bonds is 0. The highest BCUT2D eigenvalue weighted by molar-refractivity contribution is 5.05. The Labute approximate surface area is 42.0 Å². The zero-order valence-corrected chi connectivity index (χ0v) is 4.02. The van der Waals surface area contributed by atoms with Crippen LogP contribution < -0.4 is 5.73 Å². The first kappa shape index (κ1) is 4.78. The van der Waals surface area contributed by atoms with Crippen LogP contribution in [0.1, 0.15) is 12.8 Å². The van der Waals surface area contributed by atoms with E-state index in [9.17, 15) is 4.39 Å². The van der Waals surface area contributed by atoms with Gasteiger partial charge in [-0.15, -0.1) is 0 Å². The van der Waals surface area contributed by atoms with Gasteiger partial charge in [0.25, 0.3) is 0 Å². The lowest BCUT2D eigenvalue weighted by Crippen LogP contribution is -2.11. The highest BCUT2D eigenvalue weighted by atomic mass is 19.1. The smallest absolute Gasteiger partial charge is 0.0976 e. The van der Waals surface area contributed by atoms with Crippen LogP contribution in [0.25, 0.3) is 0 Å². The van der Waals surface area contributed by atoms with E-state index in [2.05, 4.69) is 0 Å². The zero-order valence-electron chi connectivity index (χ0n) is 4.02. The Morgan fingerprint density at radius 3 is 2.71 bits per heavy atom. The van der Waals surface area contributed by atoms with Crippen molar-refractivity contribution in [3.8, 4) is 0 Å². The predicted octanol–water partition coefficient (Wildman–Crippen LogP) is 0.961. The summed E-state index contributed by atoms with van der Waals surface area (Å²) >= 11 is 0. The first-order valence-corrected chi connectivity index (χ1v) is 2.41. The number of hydrogen-bond donors (Lipinski definition) is 1. The van der Waals surface area contributed by atoms with Gasteiger partial charge in [0.05, 0.1) is 5.83 Å². The average molecular weight is 101 g/mol. The molecule has 2 heteroatoms. The standard InChI is InChI=1S/C5H8FN/c6-4-1-2-5(7)3-4/h3,5H,1-2,7H2. The van der Waals surface area contributed by atoms with Crippen LogP contribution in [0.2, 0.25) is 0 Å². The SMILES string of the molecule is NC1C=C(F)CC1. The fraction of sp³-hybridized carbons (Fsp3) is 0.600. The van der Waals surface area contributed by atoms with Crippen LogP contribution in [-0.2, 0) is 0 Å². The molecular weight excluding hydrogens is 93.1 g/mol. The molecule has 1 nitrogen and oxygen atoms in total. The Bertz CT molecular complexity index is 98.3. The maximum atomic E-state index is 12.0. The Hall–Kier alpha value is -0.370. The van der Waals surface area contributed by atoms with Crippen LogP contribution >= 0.6 is 0 Å². The topological polar surface area (TPSA) is 26.0 Å². The van der Waals surface area contributed by atoms with Gasteiger partial charge in [-0.2, -0.15) is 0 Å². The van der Waals surface area contributed by atoms with Gasteiger partial charge in [-0.1, -0.05) is 0 Å². The van der Waals surface area contributed by atoms with Crippen molar-refractivity contribution in [3.05, 3.63) is 11.9 Å². The monoisotopic (exact) mass is 101 g/mol. The van der Waals surface area contributed by atoms with Gasteiger partial charge in [0, 0.05) is 12.5 Å². The minimum Gasteiger partial charge on any atom is -0.324 e. The van der Waals surface area contributed by atoms with E-state index in [4.69, 9.17) is 5.73 Å². The molecule has 1 aliphatic carbocycles. The molecule has 0 heterocycles. The zero-order chi connectivity index (χ0) is 5.28. The Morgan fingerprint density at radius 1 is 1.86 bits per heavy atom. The molecule has 0 amide bonds. The Kier molecular flexibility index (Phi) is 1.11. The van der Waals surface area contributed by atoms with Crippen molar-refractivity contribution in [2.45, 2.75) is 18.9 Å². The van der Waals surface area contributed by atoms with E-state index in [1.807, 2.05) is 0 Å². The molecule has 7 heavy (non-hydrogen) atoms. The average Bonchev–Trinajstić information content (AvgIpc) is 1.87. The summed E-state index contributed by atoms with van der Waals surface area (Å²) in [4.78, 5) is 0. The summed E-state index contributed by atoms with van der Waals surface area (Å²) < 4.78 is 12.0. The third-order valence-corrected chi connectivity index (χ3v) is 1.11. The molecule has 2 N–H and O–H groups in total. The van der Waals surface area contributed by atoms with Crippen molar-refractivity contribution >= 4 is 0 Å². The molecule has 0 aromatic heterocycles. The number of allylic oxidation sites excluding steroid dienone is 1. The fourth-order valence-electron chi connectivity index (χ4n) is 0.704. The second-order valence-corrected chi connectivity index (χ2v) is 1.82. The quantitative estimate of drug-likeness (QED) is 0.483. The van der Waals surface area contributed by atoms with Gasteiger partial charge in [-0.3, -0.25) is 0 Å². The van der Waals surface area contributed by atoms with Crippen LogP contribution in [0.3, 0.4) is 0 Å². The molecule has 0 aliphatic heterocycles. The second kappa shape index (κ2) is 1.62. The highest BCUT2D eigenvalue weighted by Crippen LogP contribution is 2.16. The molecule has 0 spiro atoms. The summed E-state index contributed by atoms with van der Waals surface area (Å²) in [5.41, 5.74) is 5.31. The van der Waals surface area contributed by atoms with E-state index in [-0.39, 0.29) is 11.9 Å². The molecule has 1 atom stereocenters. The summed E-state index contributed by atoms with van der Waals surface area (Å²) in [5.74, 6) is -0.0486. The van der Waals surface area contributed by atoms with E-state index >= 15 is 0 Å². The van der Waals surface area contributed by atoms with E-state index in [1.54, 1.807) is 0 Å². The third kappa shape index (κ3) is 0.996. The third-order valence-electron chi connectivity index (χ3n) is 1.11. The fourth-order valence-corrected chi connectivity index (χ4v) is 0.704. The molecule has 0 saturated carbocycles. The Balaban J connectivity index is 2.50. The van der Waals surface area contributed by atoms with E-state index in [1.165, 1.54) is 6.08 Å². The van der Waals surface area contributed by atoms with Crippen LogP contribution in [-0.4, -0.2) is 6.04 Å². The second-order valence-electron chi connectivity index (χ2n) is 1.82. The van der Waals surface area contributed by atoms with Crippen molar-refractivity contribution in [2.75, 3.05) is 0 Å². The van der Waals surface area contributed by atoms with Gasteiger partial charge in [-0.25, -0.2) is 4.39 Å². The van der Waals surface area contributed by atoms with Gasteiger partial charge < -0.3 is 5.73 Å².